The number of nitrogens with zero attached hydrogens (tertiary/aromatic N) is 4. The van der Waals surface area contributed by atoms with Crippen LogP contribution in [-0.2, 0) is 4.79 Å². The second-order valence-electron chi connectivity index (χ2n) is 5.52. The van der Waals surface area contributed by atoms with Crippen LogP contribution in [0.15, 0.2) is 73.1 Å². The third kappa shape index (κ3) is 3.51. The van der Waals surface area contributed by atoms with E-state index in [1.165, 1.54) is 11.0 Å². The van der Waals surface area contributed by atoms with Gasteiger partial charge in [-0.3, -0.25) is 0 Å². The summed E-state index contributed by atoms with van der Waals surface area (Å²) in [5, 5.41) is 13.1. The molecule has 0 saturated heterocycles. The predicted molar refractivity (Wildman–Crippen MR) is 94.2 cm³/mol. The summed E-state index contributed by atoms with van der Waals surface area (Å²) in [5.74, 6) is 0.514. The van der Waals surface area contributed by atoms with Crippen molar-refractivity contribution < 1.29 is 14.3 Å². The standard InChI is InChI=1S/C19H14N4O3/c24-19(12-25-17-9-8-14-4-1-2-5-15(14)10-17)26-18-7-3-6-16(11-18)23-13-20-21-22-23/h1-11,13H,12H2. The van der Waals surface area contributed by atoms with Gasteiger partial charge in [0.2, 0.25) is 0 Å². The molecule has 0 spiro atoms. The van der Waals surface area contributed by atoms with Crippen LogP contribution in [-0.4, -0.2) is 32.8 Å². The molecule has 0 radical (unpaired) electrons. The van der Waals surface area contributed by atoms with E-state index in [2.05, 4.69) is 15.5 Å². The molecule has 1 heterocycles. The van der Waals surface area contributed by atoms with Crippen LogP contribution in [0.2, 0.25) is 0 Å². The largest absolute Gasteiger partial charge is 0.482 e. The maximum Gasteiger partial charge on any atom is 0.349 e. The summed E-state index contributed by atoms with van der Waals surface area (Å²) >= 11 is 0. The maximum absolute atomic E-state index is 12.1. The molecule has 0 bridgehead atoms. The van der Waals surface area contributed by atoms with Crippen LogP contribution in [0, 0.1) is 0 Å². The molecule has 0 amide bonds. The summed E-state index contributed by atoms with van der Waals surface area (Å²) < 4.78 is 12.3. The maximum atomic E-state index is 12.1. The van der Waals surface area contributed by atoms with E-state index in [9.17, 15) is 4.79 Å². The zero-order valence-corrected chi connectivity index (χ0v) is 13.6. The smallest absolute Gasteiger partial charge is 0.349 e. The van der Waals surface area contributed by atoms with Crippen molar-refractivity contribution in [1.82, 2.24) is 20.2 Å². The summed E-state index contributed by atoms with van der Waals surface area (Å²) in [5.41, 5.74) is 0.691. The van der Waals surface area contributed by atoms with Crippen molar-refractivity contribution in [1.29, 1.82) is 0 Å². The molecule has 7 heteroatoms. The van der Waals surface area contributed by atoms with E-state index in [4.69, 9.17) is 9.47 Å². The van der Waals surface area contributed by atoms with Gasteiger partial charge in [-0.1, -0.05) is 36.4 Å². The zero-order valence-electron chi connectivity index (χ0n) is 13.6. The molecule has 3 aromatic carbocycles. The summed E-state index contributed by atoms with van der Waals surface area (Å²) in [6.07, 6.45) is 1.46. The van der Waals surface area contributed by atoms with Gasteiger partial charge in [-0.2, -0.15) is 0 Å². The number of carbonyl (C=O) groups excluding carboxylic acids is 1. The number of aromatic nitrogens is 4. The van der Waals surface area contributed by atoms with Gasteiger partial charge < -0.3 is 9.47 Å². The van der Waals surface area contributed by atoms with Crippen molar-refractivity contribution in [3.63, 3.8) is 0 Å². The van der Waals surface area contributed by atoms with Crippen molar-refractivity contribution in [2.24, 2.45) is 0 Å². The summed E-state index contributed by atoms with van der Waals surface area (Å²) in [7, 11) is 0. The van der Waals surface area contributed by atoms with Crippen LogP contribution in [0.5, 0.6) is 11.5 Å². The first-order chi connectivity index (χ1) is 12.8. The lowest BCUT2D eigenvalue weighted by molar-refractivity contribution is -0.136. The minimum atomic E-state index is -0.493. The van der Waals surface area contributed by atoms with Crippen LogP contribution >= 0.6 is 0 Å². The number of benzene rings is 3. The number of hydrogen-bond acceptors (Lipinski definition) is 6. The van der Waals surface area contributed by atoms with Crippen molar-refractivity contribution in [3.8, 4) is 17.2 Å². The highest BCUT2D eigenvalue weighted by Crippen LogP contribution is 2.21. The van der Waals surface area contributed by atoms with Crippen molar-refractivity contribution in [2.75, 3.05) is 6.61 Å². The molecule has 0 saturated carbocycles. The molecule has 0 fully saturated rings. The van der Waals surface area contributed by atoms with Gasteiger partial charge in [0.1, 0.15) is 17.8 Å². The molecule has 128 valence electrons. The molecular weight excluding hydrogens is 332 g/mol. The van der Waals surface area contributed by atoms with Gasteiger partial charge in [0.15, 0.2) is 6.61 Å². The highest BCUT2D eigenvalue weighted by molar-refractivity contribution is 5.83. The fourth-order valence-electron chi connectivity index (χ4n) is 2.53. The highest BCUT2D eigenvalue weighted by atomic mass is 16.6. The third-order valence-corrected chi connectivity index (χ3v) is 3.74. The van der Waals surface area contributed by atoms with E-state index >= 15 is 0 Å². The summed E-state index contributed by atoms with van der Waals surface area (Å²) in [4.78, 5) is 12.1. The quantitative estimate of drug-likeness (QED) is 0.408. The third-order valence-electron chi connectivity index (χ3n) is 3.74. The Hall–Kier alpha value is -3.74. The van der Waals surface area contributed by atoms with Crippen molar-refractivity contribution in [3.05, 3.63) is 73.1 Å². The lowest BCUT2D eigenvalue weighted by Crippen LogP contribution is -2.17. The molecule has 0 aliphatic heterocycles. The van der Waals surface area contributed by atoms with Gasteiger partial charge in [0.05, 0.1) is 5.69 Å². The Kier molecular flexibility index (Phi) is 4.26. The number of hydrogen-bond donors (Lipinski definition) is 0. The van der Waals surface area contributed by atoms with E-state index in [0.717, 1.165) is 10.8 Å². The SMILES string of the molecule is O=C(COc1ccc2ccccc2c1)Oc1cccc(-n2cnnn2)c1. The molecule has 0 aliphatic carbocycles. The van der Waals surface area contributed by atoms with Gasteiger partial charge in [0, 0.05) is 6.07 Å². The highest BCUT2D eigenvalue weighted by Gasteiger charge is 2.08. The number of rotatable bonds is 5. The van der Waals surface area contributed by atoms with Gasteiger partial charge in [0.25, 0.3) is 0 Å². The molecule has 26 heavy (non-hydrogen) atoms. The molecule has 4 rings (SSSR count). The molecule has 0 unspecified atom stereocenters. The molecule has 7 nitrogen and oxygen atoms in total. The van der Waals surface area contributed by atoms with Gasteiger partial charge in [-0.15, -0.1) is 5.10 Å². The molecule has 0 aliphatic rings. The van der Waals surface area contributed by atoms with E-state index in [-0.39, 0.29) is 6.61 Å². The minimum Gasteiger partial charge on any atom is -0.482 e. The van der Waals surface area contributed by atoms with Crippen molar-refractivity contribution >= 4 is 16.7 Å². The first-order valence-corrected chi connectivity index (χ1v) is 7.94. The van der Waals surface area contributed by atoms with Crippen molar-refractivity contribution in [2.45, 2.75) is 0 Å². The van der Waals surface area contributed by atoms with E-state index in [1.54, 1.807) is 24.3 Å². The Morgan fingerprint density at radius 3 is 2.65 bits per heavy atom. The zero-order chi connectivity index (χ0) is 17.8. The van der Waals surface area contributed by atoms with Gasteiger partial charge in [-0.05, 0) is 45.5 Å². The Labute approximate surface area is 148 Å². The fourth-order valence-corrected chi connectivity index (χ4v) is 2.53. The lowest BCUT2D eigenvalue weighted by Gasteiger charge is -2.08. The number of tetrazole rings is 1. The number of ether oxygens (including phenoxy) is 2. The van der Waals surface area contributed by atoms with Gasteiger partial charge >= 0.3 is 5.97 Å². The Bertz CT molecular complexity index is 1050. The van der Waals surface area contributed by atoms with Gasteiger partial charge in [-0.25, -0.2) is 9.48 Å². The number of carbonyl (C=O) groups is 1. The van der Waals surface area contributed by atoms with Crippen LogP contribution in [0.1, 0.15) is 0 Å². The average molecular weight is 346 g/mol. The monoisotopic (exact) mass is 346 g/mol. The Morgan fingerprint density at radius 2 is 1.81 bits per heavy atom. The molecule has 4 aromatic rings. The molecule has 0 atom stereocenters. The minimum absolute atomic E-state index is 0.187. The Morgan fingerprint density at radius 1 is 0.923 bits per heavy atom. The molecule has 1 aromatic heterocycles. The van der Waals surface area contributed by atoms with E-state index in [1.807, 2.05) is 42.5 Å². The summed E-state index contributed by atoms with van der Waals surface area (Å²) in [6, 6.07) is 20.5. The van der Waals surface area contributed by atoms with Crippen LogP contribution in [0.3, 0.4) is 0 Å². The summed E-state index contributed by atoms with van der Waals surface area (Å²) in [6.45, 7) is -0.187. The number of esters is 1. The first kappa shape index (κ1) is 15.8. The predicted octanol–water partition coefficient (Wildman–Crippen LogP) is 2.80. The number of fused-ring (bicyclic) bond motifs is 1. The van der Waals surface area contributed by atoms with Crippen LogP contribution < -0.4 is 9.47 Å². The van der Waals surface area contributed by atoms with Crippen LogP contribution in [0.4, 0.5) is 0 Å². The Balaban J connectivity index is 1.40. The average Bonchev–Trinajstić information content (AvgIpc) is 3.21. The van der Waals surface area contributed by atoms with E-state index < -0.39 is 5.97 Å². The topological polar surface area (TPSA) is 79.1 Å². The first-order valence-electron chi connectivity index (χ1n) is 7.94. The second-order valence-corrected chi connectivity index (χ2v) is 5.52. The molecule has 0 N–H and O–H groups in total. The normalized spacial score (nSPS) is 10.6. The van der Waals surface area contributed by atoms with Crippen LogP contribution in [0.25, 0.3) is 16.5 Å². The second kappa shape index (κ2) is 7.02. The lowest BCUT2D eigenvalue weighted by atomic mass is 10.1. The fraction of sp³-hybridized carbons (Fsp3) is 0.0526. The van der Waals surface area contributed by atoms with E-state index in [0.29, 0.717) is 17.2 Å². The molecular formula is C19H14N4O3.